The van der Waals surface area contributed by atoms with E-state index in [-0.39, 0.29) is 13.3 Å². The molecule has 1 aliphatic rings. The van der Waals surface area contributed by atoms with Crippen molar-refractivity contribution in [3.63, 3.8) is 0 Å². The summed E-state index contributed by atoms with van der Waals surface area (Å²) in [4.78, 5) is 23.6. The summed E-state index contributed by atoms with van der Waals surface area (Å²) < 4.78 is 10.5. The number of benzene rings is 1. The molecule has 25 heavy (non-hydrogen) atoms. The molecule has 0 aliphatic carbocycles. The Labute approximate surface area is 149 Å². The maximum atomic E-state index is 11.8. The van der Waals surface area contributed by atoms with Crippen molar-refractivity contribution in [3.05, 3.63) is 23.8 Å². The third-order valence-electron chi connectivity index (χ3n) is 4.16. The van der Waals surface area contributed by atoms with E-state index in [1.54, 1.807) is 12.1 Å². The van der Waals surface area contributed by atoms with Crippen LogP contribution in [0.1, 0.15) is 57.4 Å². The predicted octanol–water partition coefficient (Wildman–Crippen LogP) is 2.90. The molecule has 1 heterocycles. The Kier molecular flexibility index (Phi) is 8.09. The summed E-state index contributed by atoms with van der Waals surface area (Å²) in [5.41, 5.74) is 0.859. The average Bonchev–Trinajstić information content (AvgIpc) is 3.09. The smallest absolute Gasteiger partial charge is 0.309 e. The molecule has 2 N–H and O–H groups in total. The van der Waals surface area contributed by atoms with Crippen molar-refractivity contribution in [3.8, 4) is 11.5 Å². The predicted molar refractivity (Wildman–Crippen MR) is 95.4 cm³/mol. The van der Waals surface area contributed by atoms with E-state index in [9.17, 15) is 9.59 Å². The number of carbonyl (C=O) groups is 2. The van der Waals surface area contributed by atoms with Crippen LogP contribution in [0.2, 0.25) is 0 Å². The molecule has 0 saturated heterocycles. The van der Waals surface area contributed by atoms with Crippen LogP contribution in [0.4, 0.5) is 0 Å². The molecule has 0 saturated carbocycles. The number of carbonyl (C=O) groups excluding carboxylic acids is 2. The monoisotopic (exact) mass is 348 g/mol. The summed E-state index contributed by atoms with van der Waals surface area (Å²) >= 11 is 0. The van der Waals surface area contributed by atoms with Crippen molar-refractivity contribution in [1.82, 2.24) is 10.6 Å². The van der Waals surface area contributed by atoms with Crippen LogP contribution in [-0.4, -0.2) is 25.2 Å². The second-order valence-electron chi connectivity index (χ2n) is 6.25. The first kappa shape index (κ1) is 19.1. The van der Waals surface area contributed by atoms with Crippen LogP contribution in [0.15, 0.2) is 18.2 Å². The van der Waals surface area contributed by atoms with Gasteiger partial charge >= 0.3 is 11.8 Å². The van der Waals surface area contributed by atoms with Gasteiger partial charge in [0, 0.05) is 13.1 Å². The largest absolute Gasteiger partial charge is 0.454 e. The lowest BCUT2D eigenvalue weighted by molar-refractivity contribution is -0.139. The minimum Gasteiger partial charge on any atom is -0.454 e. The lowest BCUT2D eigenvalue weighted by Crippen LogP contribution is -2.39. The molecule has 138 valence electrons. The van der Waals surface area contributed by atoms with Crippen LogP contribution in [0.3, 0.4) is 0 Å². The number of rotatable bonds is 10. The van der Waals surface area contributed by atoms with Crippen LogP contribution >= 0.6 is 0 Å². The van der Waals surface area contributed by atoms with Gasteiger partial charge in [0.25, 0.3) is 0 Å². The Balaban J connectivity index is 1.57. The van der Waals surface area contributed by atoms with E-state index in [4.69, 9.17) is 9.47 Å². The number of nitrogens with one attached hydrogen (secondary N) is 2. The molecule has 2 amide bonds. The molecule has 0 unspecified atom stereocenters. The highest BCUT2D eigenvalue weighted by atomic mass is 16.7. The minimum absolute atomic E-state index is 0.214. The Bertz CT molecular complexity index is 575. The SMILES string of the molecule is CCCCCCCCCNC(=O)C(=O)NCc1ccc2c(c1)OCO2. The first-order chi connectivity index (χ1) is 12.2. The van der Waals surface area contributed by atoms with Crippen molar-refractivity contribution in [2.75, 3.05) is 13.3 Å². The van der Waals surface area contributed by atoms with E-state index < -0.39 is 11.8 Å². The molecule has 0 fully saturated rings. The van der Waals surface area contributed by atoms with Crippen molar-refractivity contribution in [2.45, 2.75) is 58.4 Å². The van der Waals surface area contributed by atoms with E-state index in [1.807, 2.05) is 6.07 Å². The van der Waals surface area contributed by atoms with E-state index in [1.165, 1.54) is 32.1 Å². The van der Waals surface area contributed by atoms with Crippen LogP contribution in [-0.2, 0) is 16.1 Å². The molecule has 0 spiro atoms. The average molecular weight is 348 g/mol. The Morgan fingerprint density at radius 2 is 1.60 bits per heavy atom. The topological polar surface area (TPSA) is 76.7 Å². The molecular weight excluding hydrogens is 320 g/mol. The van der Waals surface area contributed by atoms with Crippen molar-refractivity contribution < 1.29 is 19.1 Å². The molecular formula is C19H28N2O4. The molecule has 6 nitrogen and oxygen atoms in total. The quantitative estimate of drug-likeness (QED) is 0.503. The molecule has 6 heteroatoms. The van der Waals surface area contributed by atoms with Gasteiger partial charge in [0.05, 0.1) is 0 Å². The highest BCUT2D eigenvalue weighted by Gasteiger charge is 2.15. The van der Waals surface area contributed by atoms with Crippen molar-refractivity contribution in [2.24, 2.45) is 0 Å². The summed E-state index contributed by atoms with van der Waals surface area (Å²) in [6, 6.07) is 5.44. The molecule has 2 rings (SSSR count). The van der Waals surface area contributed by atoms with Crippen LogP contribution < -0.4 is 20.1 Å². The van der Waals surface area contributed by atoms with Gasteiger partial charge in [-0.25, -0.2) is 0 Å². The Morgan fingerprint density at radius 3 is 2.40 bits per heavy atom. The second kappa shape index (κ2) is 10.6. The van der Waals surface area contributed by atoms with Gasteiger partial charge in [-0.3, -0.25) is 9.59 Å². The van der Waals surface area contributed by atoms with E-state index in [0.717, 1.165) is 18.4 Å². The van der Waals surface area contributed by atoms with Gasteiger partial charge in [-0.05, 0) is 24.1 Å². The summed E-state index contributed by atoms with van der Waals surface area (Å²) in [5.74, 6) is 0.171. The van der Waals surface area contributed by atoms with Gasteiger partial charge < -0.3 is 20.1 Å². The van der Waals surface area contributed by atoms with Gasteiger partial charge in [-0.2, -0.15) is 0 Å². The molecule has 0 radical (unpaired) electrons. The number of fused-ring (bicyclic) bond motifs is 1. The molecule has 0 atom stereocenters. The summed E-state index contributed by atoms with van der Waals surface area (Å²) in [5, 5.41) is 5.28. The van der Waals surface area contributed by atoms with Crippen LogP contribution in [0, 0.1) is 0 Å². The van der Waals surface area contributed by atoms with E-state index in [2.05, 4.69) is 17.6 Å². The van der Waals surface area contributed by atoms with Gasteiger partial charge in [-0.1, -0.05) is 51.5 Å². The van der Waals surface area contributed by atoms with Gasteiger partial charge in [0.15, 0.2) is 11.5 Å². The number of unbranched alkanes of at least 4 members (excludes halogenated alkanes) is 6. The second-order valence-corrected chi connectivity index (χ2v) is 6.25. The third kappa shape index (κ3) is 6.64. The third-order valence-corrected chi connectivity index (χ3v) is 4.16. The summed E-state index contributed by atoms with van der Waals surface area (Å²) in [6.07, 6.45) is 8.25. The molecule has 1 aromatic rings. The lowest BCUT2D eigenvalue weighted by atomic mass is 10.1. The fraction of sp³-hybridized carbons (Fsp3) is 0.579. The van der Waals surface area contributed by atoms with E-state index >= 15 is 0 Å². The molecule has 0 bridgehead atoms. The molecule has 0 aromatic heterocycles. The summed E-state index contributed by atoms with van der Waals surface area (Å²) in [6.45, 7) is 3.24. The highest BCUT2D eigenvalue weighted by molar-refractivity contribution is 6.35. The normalized spacial score (nSPS) is 12.0. The van der Waals surface area contributed by atoms with Gasteiger partial charge in [0.1, 0.15) is 0 Å². The van der Waals surface area contributed by atoms with E-state index in [0.29, 0.717) is 18.0 Å². The fourth-order valence-electron chi connectivity index (χ4n) is 2.68. The minimum atomic E-state index is -0.611. The number of hydrogen-bond acceptors (Lipinski definition) is 4. The first-order valence-corrected chi connectivity index (χ1v) is 9.15. The zero-order valence-electron chi connectivity index (χ0n) is 14.9. The first-order valence-electron chi connectivity index (χ1n) is 9.15. The van der Waals surface area contributed by atoms with Crippen molar-refractivity contribution >= 4 is 11.8 Å². The Morgan fingerprint density at radius 1 is 0.920 bits per heavy atom. The maximum Gasteiger partial charge on any atom is 0.309 e. The highest BCUT2D eigenvalue weighted by Crippen LogP contribution is 2.32. The molecule has 1 aliphatic heterocycles. The number of hydrogen-bond donors (Lipinski definition) is 2. The lowest BCUT2D eigenvalue weighted by Gasteiger charge is -2.07. The number of amides is 2. The molecule has 1 aromatic carbocycles. The zero-order chi connectivity index (χ0) is 17.9. The summed E-state index contributed by atoms with van der Waals surface area (Å²) in [7, 11) is 0. The maximum absolute atomic E-state index is 11.8. The van der Waals surface area contributed by atoms with Crippen LogP contribution in [0.5, 0.6) is 11.5 Å². The Hall–Kier alpha value is -2.24. The van der Waals surface area contributed by atoms with Crippen LogP contribution in [0.25, 0.3) is 0 Å². The fourth-order valence-corrected chi connectivity index (χ4v) is 2.68. The zero-order valence-corrected chi connectivity index (χ0v) is 14.9. The van der Waals surface area contributed by atoms with Gasteiger partial charge in [-0.15, -0.1) is 0 Å². The van der Waals surface area contributed by atoms with Crippen molar-refractivity contribution in [1.29, 1.82) is 0 Å². The van der Waals surface area contributed by atoms with Gasteiger partial charge in [0.2, 0.25) is 6.79 Å². The number of ether oxygens (including phenoxy) is 2. The standard InChI is InChI=1S/C19H28N2O4/c1-2-3-4-5-6-7-8-11-20-18(22)19(23)21-13-15-9-10-16-17(12-15)25-14-24-16/h9-10,12H,2-8,11,13-14H2,1H3,(H,20,22)(H,21,23).